The molecule has 0 saturated heterocycles. The second-order valence-corrected chi connectivity index (χ2v) is 12.8. The summed E-state index contributed by atoms with van der Waals surface area (Å²) in [6.07, 6.45) is 0.860. The number of primary amides is 1. The lowest BCUT2D eigenvalue weighted by Gasteiger charge is -2.33. The van der Waals surface area contributed by atoms with E-state index in [1.807, 2.05) is 0 Å². The van der Waals surface area contributed by atoms with Gasteiger partial charge in [0.05, 0.1) is 11.3 Å². The third-order valence-electron chi connectivity index (χ3n) is 7.58. The van der Waals surface area contributed by atoms with Crippen LogP contribution < -0.4 is 16.4 Å². The molecule has 4 N–H and O–H groups in total. The fourth-order valence-corrected chi connectivity index (χ4v) is 5.49. The first kappa shape index (κ1) is 27.5. The van der Waals surface area contributed by atoms with E-state index in [1.165, 1.54) is 4.68 Å². The van der Waals surface area contributed by atoms with E-state index in [1.54, 1.807) is 18.2 Å². The van der Waals surface area contributed by atoms with E-state index >= 15 is 0 Å². The van der Waals surface area contributed by atoms with Gasteiger partial charge in [-0.1, -0.05) is 34.6 Å². The van der Waals surface area contributed by atoms with Crippen molar-refractivity contribution < 1.29 is 18.0 Å². The lowest BCUT2D eigenvalue weighted by Crippen LogP contribution is -2.40. The minimum absolute atomic E-state index is 0.123. The Balaban J connectivity index is 1.60. The molecular weight excluding hydrogens is 479 g/mol. The molecule has 4 rings (SSSR count). The molecule has 1 heterocycles. The molecule has 1 amide bonds. The second-order valence-electron chi connectivity index (χ2n) is 12.8. The Bertz CT molecular complexity index is 1140. The monoisotopic (exact) mass is 519 g/mol. The SMILES string of the molecule is CC(C)(C)CNC1CCC(Nc2cc(-n3nc(C(F)(F)F)c4c3CC(C)(C)CC4)ccc2C(N)=O)CC1. The number of carbonyl (C=O) groups excluding carboxylic acids is 1. The molecule has 1 fully saturated rings. The van der Waals surface area contributed by atoms with Gasteiger partial charge in [-0.25, -0.2) is 4.68 Å². The molecule has 1 aromatic carbocycles. The van der Waals surface area contributed by atoms with Crippen molar-refractivity contribution in [3.05, 3.63) is 40.7 Å². The van der Waals surface area contributed by atoms with E-state index in [9.17, 15) is 18.0 Å². The summed E-state index contributed by atoms with van der Waals surface area (Å²) in [5.74, 6) is -0.575. The van der Waals surface area contributed by atoms with E-state index in [2.05, 4.69) is 50.4 Å². The number of nitrogens with two attached hydrogens (primary N) is 1. The number of nitrogens with zero attached hydrogens (tertiary/aromatic N) is 2. The number of aromatic nitrogens is 2. The molecule has 0 spiro atoms. The fourth-order valence-electron chi connectivity index (χ4n) is 5.49. The number of fused-ring (bicyclic) bond motifs is 1. The number of carbonyl (C=O) groups is 1. The summed E-state index contributed by atoms with van der Waals surface area (Å²) in [7, 11) is 0. The first-order valence-corrected chi connectivity index (χ1v) is 13.3. The maximum atomic E-state index is 13.9. The van der Waals surface area contributed by atoms with Crippen molar-refractivity contribution in [1.82, 2.24) is 15.1 Å². The van der Waals surface area contributed by atoms with Gasteiger partial charge >= 0.3 is 6.18 Å². The first-order valence-electron chi connectivity index (χ1n) is 13.3. The van der Waals surface area contributed by atoms with Crippen LogP contribution in [0.3, 0.4) is 0 Å². The lowest BCUT2D eigenvalue weighted by molar-refractivity contribution is -0.142. The Morgan fingerprint density at radius 2 is 1.78 bits per heavy atom. The van der Waals surface area contributed by atoms with Crippen molar-refractivity contribution in [3.63, 3.8) is 0 Å². The van der Waals surface area contributed by atoms with E-state index in [4.69, 9.17) is 5.73 Å². The summed E-state index contributed by atoms with van der Waals surface area (Å²) in [6, 6.07) is 5.55. The van der Waals surface area contributed by atoms with Crippen molar-refractivity contribution in [3.8, 4) is 5.69 Å². The van der Waals surface area contributed by atoms with Crippen molar-refractivity contribution >= 4 is 11.6 Å². The van der Waals surface area contributed by atoms with Crippen LogP contribution in [0, 0.1) is 10.8 Å². The maximum Gasteiger partial charge on any atom is 0.435 e. The highest BCUT2D eigenvalue weighted by molar-refractivity contribution is 5.99. The number of anilines is 1. The van der Waals surface area contributed by atoms with Crippen LogP contribution >= 0.6 is 0 Å². The lowest BCUT2D eigenvalue weighted by atomic mass is 9.76. The van der Waals surface area contributed by atoms with Crippen LogP contribution in [0.15, 0.2) is 18.2 Å². The van der Waals surface area contributed by atoms with Crippen LogP contribution in [0.25, 0.3) is 5.69 Å². The highest BCUT2D eigenvalue weighted by Gasteiger charge is 2.42. The van der Waals surface area contributed by atoms with E-state index in [-0.39, 0.29) is 22.4 Å². The molecule has 1 saturated carbocycles. The smallest absolute Gasteiger partial charge is 0.382 e. The molecule has 2 aliphatic carbocycles. The molecular formula is C28H40F3N5O. The van der Waals surface area contributed by atoms with Gasteiger partial charge in [0.25, 0.3) is 5.91 Å². The molecule has 37 heavy (non-hydrogen) atoms. The Morgan fingerprint density at radius 1 is 1.14 bits per heavy atom. The average Bonchev–Trinajstić information content (AvgIpc) is 3.16. The minimum atomic E-state index is -4.52. The van der Waals surface area contributed by atoms with Gasteiger partial charge in [0.2, 0.25) is 0 Å². The van der Waals surface area contributed by atoms with Gasteiger partial charge in [-0.3, -0.25) is 4.79 Å². The molecule has 0 atom stereocenters. The van der Waals surface area contributed by atoms with Crippen LogP contribution in [-0.4, -0.2) is 34.3 Å². The van der Waals surface area contributed by atoms with Gasteiger partial charge in [0, 0.05) is 35.6 Å². The summed E-state index contributed by atoms with van der Waals surface area (Å²) in [5, 5.41) is 11.2. The quantitative estimate of drug-likeness (QED) is 0.446. The molecule has 0 aliphatic heterocycles. The van der Waals surface area contributed by atoms with E-state index < -0.39 is 17.8 Å². The third kappa shape index (κ3) is 6.48. The number of rotatable bonds is 6. The summed E-state index contributed by atoms with van der Waals surface area (Å²) in [5.41, 5.74) is 7.18. The first-order chi connectivity index (χ1) is 17.1. The van der Waals surface area contributed by atoms with Crippen LogP contribution in [0.5, 0.6) is 0 Å². The minimum Gasteiger partial charge on any atom is -0.382 e. The Labute approximate surface area is 217 Å². The van der Waals surface area contributed by atoms with Gasteiger partial charge in [-0.15, -0.1) is 0 Å². The molecule has 204 valence electrons. The van der Waals surface area contributed by atoms with E-state index in [0.717, 1.165) is 32.2 Å². The van der Waals surface area contributed by atoms with Crippen molar-refractivity contribution in [2.75, 3.05) is 11.9 Å². The zero-order valence-electron chi connectivity index (χ0n) is 22.6. The molecule has 2 aliphatic rings. The number of hydrogen-bond acceptors (Lipinski definition) is 4. The summed E-state index contributed by atoms with van der Waals surface area (Å²) in [6.45, 7) is 11.7. The second kappa shape index (κ2) is 9.97. The highest BCUT2D eigenvalue weighted by Crippen LogP contribution is 2.42. The molecule has 9 heteroatoms. The number of alkyl halides is 3. The van der Waals surface area contributed by atoms with Gasteiger partial charge in [0.1, 0.15) is 0 Å². The predicted molar refractivity (Wildman–Crippen MR) is 140 cm³/mol. The van der Waals surface area contributed by atoms with Crippen molar-refractivity contribution in [2.45, 2.75) is 97.8 Å². The standard InChI is InChI=1S/C28H40F3N5O/c1-26(2,3)16-33-17-6-8-18(9-7-17)34-22-14-19(10-11-20(22)25(32)37)36-23-15-27(4,5)13-12-21(23)24(35-36)28(29,30)31/h10-11,14,17-18,33-34H,6-9,12-13,15-16H2,1-5H3,(H2,32,37). The topological polar surface area (TPSA) is 85.0 Å². The maximum absolute atomic E-state index is 13.9. The van der Waals surface area contributed by atoms with Crippen molar-refractivity contribution in [1.29, 1.82) is 0 Å². The molecule has 0 bridgehead atoms. The summed E-state index contributed by atoms with van der Waals surface area (Å²) in [4.78, 5) is 12.2. The van der Waals surface area contributed by atoms with Gasteiger partial charge in [-0.05, 0) is 74.0 Å². The number of hydrogen-bond donors (Lipinski definition) is 3. The largest absolute Gasteiger partial charge is 0.435 e. The molecule has 0 unspecified atom stereocenters. The molecule has 1 aromatic heterocycles. The zero-order chi connectivity index (χ0) is 27.2. The van der Waals surface area contributed by atoms with Crippen LogP contribution in [-0.2, 0) is 19.0 Å². The van der Waals surface area contributed by atoms with Gasteiger partial charge < -0.3 is 16.4 Å². The Morgan fingerprint density at radius 3 is 2.38 bits per heavy atom. The summed E-state index contributed by atoms with van der Waals surface area (Å²) < 4.78 is 43.0. The van der Waals surface area contributed by atoms with Crippen LogP contribution in [0.4, 0.5) is 18.9 Å². The Kier molecular flexibility index (Phi) is 7.40. The highest BCUT2D eigenvalue weighted by atomic mass is 19.4. The fraction of sp³-hybridized carbons (Fsp3) is 0.643. The number of benzene rings is 1. The average molecular weight is 520 g/mol. The zero-order valence-corrected chi connectivity index (χ0v) is 22.6. The number of amides is 1. The summed E-state index contributed by atoms with van der Waals surface area (Å²) >= 11 is 0. The molecule has 0 radical (unpaired) electrons. The van der Waals surface area contributed by atoms with Crippen LogP contribution in [0.2, 0.25) is 0 Å². The molecule has 2 aromatic rings. The molecule has 6 nitrogen and oxygen atoms in total. The normalized spacial score (nSPS) is 21.9. The van der Waals surface area contributed by atoms with Gasteiger partial charge in [0.15, 0.2) is 5.69 Å². The van der Waals surface area contributed by atoms with Crippen LogP contribution in [0.1, 0.15) is 94.0 Å². The van der Waals surface area contributed by atoms with Gasteiger partial charge in [-0.2, -0.15) is 18.3 Å². The van der Waals surface area contributed by atoms with E-state index in [0.29, 0.717) is 47.9 Å². The number of nitrogens with one attached hydrogen (secondary N) is 2. The van der Waals surface area contributed by atoms with Crippen molar-refractivity contribution in [2.24, 2.45) is 16.6 Å². The number of halogens is 3. The Hall–Kier alpha value is -2.55. The predicted octanol–water partition coefficient (Wildman–Crippen LogP) is 5.86. The third-order valence-corrected chi connectivity index (χ3v) is 7.58.